The first-order chi connectivity index (χ1) is 7.29. The van der Waals surface area contributed by atoms with E-state index in [4.69, 9.17) is 4.42 Å². The van der Waals surface area contributed by atoms with E-state index in [0.717, 1.165) is 25.5 Å². The number of nitrogens with zero attached hydrogens (tertiary/aromatic N) is 2. The van der Waals surface area contributed by atoms with Gasteiger partial charge in [-0.05, 0) is 25.5 Å². The summed E-state index contributed by atoms with van der Waals surface area (Å²) in [5.41, 5.74) is 0. The van der Waals surface area contributed by atoms with Crippen LogP contribution in [0.25, 0.3) is 0 Å². The summed E-state index contributed by atoms with van der Waals surface area (Å²) in [6.45, 7) is 4.29. The molecule has 1 aromatic rings. The quantitative estimate of drug-likeness (QED) is 0.712. The lowest BCUT2D eigenvalue weighted by Crippen LogP contribution is -2.13. The van der Waals surface area contributed by atoms with Gasteiger partial charge in [-0.25, -0.2) is 0 Å². The average Bonchev–Trinajstić information content (AvgIpc) is 2.85. The number of nitrogens with one attached hydrogen (secondary N) is 2. The van der Waals surface area contributed by atoms with E-state index >= 15 is 0 Å². The molecule has 1 saturated heterocycles. The number of rotatable bonds is 3. The zero-order chi connectivity index (χ0) is 10.7. The molecule has 80 valence electrons. The van der Waals surface area contributed by atoms with Crippen LogP contribution < -0.4 is 10.6 Å². The van der Waals surface area contributed by atoms with E-state index in [-0.39, 0.29) is 18.0 Å². The van der Waals surface area contributed by atoms with Crippen LogP contribution in [-0.2, 0) is 4.79 Å². The predicted octanol–water partition coefficient (Wildman–Crippen LogP) is 0.619. The van der Waals surface area contributed by atoms with Crippen molar-refractivity contribution in [2.24, 2.45) is 0 Å². The maximum atomic E-state index is 10.9. The number of carbonyl (C=O) groups is 1. The highest BCUT2D eigenvalue weighted by Gasteiger charge is 2.22. The third-order valence-electron chi connectivity index (χ3n) is 2.21. The van der Waals surface area contributed by atoms with Gasteiger partial charge in [0.05, 0.1) is 6.04 Å². The van der Waals surface area contributed by atoms with Crippen molar-refractivity contribution in [1.29, 1.82) is 0 Å². The largest absolute Gasteiger partial charge is 0.406 e. The Balaban J connectivity index is 2.03. The third kappa shape index (κ3) is 2.21. The number of amides is 1. The molecule has 0 bridgehead atoms. The van der Waals surface area contributed by atoms with Crippen molar-refractivity contribution in [2.45, 2.75) is 18.9 Å². The van der Waals surface area contributed by atoms with E-state index in [1.54, 1.807) is 0 Å². The van der Waals surface area contributed by atoms with Crippen molar-refractivity contribution in [3.8, 4) is 0 Å². The number of hydrogen-bond acceptors (Lipinski definition) is 5. The Kier molecular flexibility index (Phi) is 2.77. The smallest absolute Gasteiger partial charge is 0.322 e. The normalized spacial score (nSPS) is 20.1. The molecule has 1 aromatic heterocycles. The lowest BCUT2D eigenvalue weighted by Gasteiger charge is -2.02. The van der Waals surface area contributed by atoms with Gasteiger partial charge in [-0.1, -0.05) is 11.7 Å². The molecule has 0 spiro atoms. The summed E-state index contributed by atoms with van der Waals surface area (Å²) in [6, 6.07) is 0.232. The van der Waals surface area contributed by atoms with Gasteiger partial charge < -0.3 is 9.73 Å². The molecule has 0 aromatic carbocycles. The molecule has 15 heavy (non-hydrogen) atoms. The summed E-state index contributed by atoms with van der Waals surface area (Å²) < 4.78 is 5.28. The molecule has 2 N–H and O–H groups in total. The van der Waals surface area contributed by atoms with Crippen LogP contribution in [0, 0.1) is 0 Å². The molecule has 2 rings (SSSR count). The zero-order valence-electron chi connectivity index (χ0n) is 8.19. The molecule has 6 nitrogen and oxygen atoms in total. The molecular weight excluding hydrogens is 196 g/mol. The van der Waals surface area contributed by atoms with E-state index in [2.05, 4.69) is 27.4 Å². The molecule has 0 aliphatic carbocycles. The molecular formula is C9H12N4O2. The van der Waals surface area contributed by atoms with E-state index in [9.17, 15) is 4.79 Å². The first-order valence-electron chi connectivity index (χ1n) is 4.80. The predicted molar refractivity (Wildman–Crippen MR) is 53.1 cm³/mol. The zero-order valence-corrected chi connectivity index (χ0v) is 8.19. The van der Waals surface area contributed by atoms with Gasteiger partial charge in [0.25, 0.3) is 5.91 Å². The lowest BCUT2D eigenvalue weighted by molar-refractivity contribution is -0.112. The van der Waals surface area contributed by atoms with E-state index in [1.165, 1.54) is 0 Å². The summed E-state index contributed by atoms with van der Waals surface area (Å²) in [5.74, 6) is 0.163. The van der Waals surface area contributed by atoms with Crippen LogP contribution in [0.2, 0.25) is 0 Å². The summed E-state index contributed by atoms with van der Waals surface area (Å²) in [5, 5.41) is 13.2. The molecule has 1 unspecified atom stereocenters. The van der Waals surface area contributed by atoms with E-state index in [1.807, 2.05) is 0 Å². The monoisotopic (exact) mass is 208 g/mol. The lowest BCUT2D eigenvalue weighted by atomic mass is 10.2. The van der Waals surface area contributed by atoms with Crippen molar-refractivity contribution in [2.75, 3.05) is 11.9 Å². The first kappa shape index (κ1) is 9.85. The minimum Gasteiger partial charge on any atom is -0.406 e. The molecule has 2 heterocycles. The minimum absolute atomic E-state index is 0.114. The topological polar surface area (TPSA) is 80.0 Å². The molecule has 0 radical (unpaired) electrons. The molecule has 1 amide bonds. The summed E-state index contributed by atoms with van der Waals surface area (Å²) >= 11 is 0. The van der Waals surface area contributed by atoms with Gasteiger partial charge in [0.2, 0.25) is 5.89 Å². The second-order valence-corrected chi connectivity index (χ2v) is 3.29. The van der Waals surface area contributed by atoms with Crippen molar-refractivity contribution in [3.63, 3.8) is 0 Å². The highest BCUT2D eigenvalue weighted by Crippen LogP contribution is 2.22. The highest BCUT2D eigenvalue weighted by molar-refractivity contribution is 5.97. The first-order valence-corrected chi connectivity index (χ1v) is 4.80. The molecule has 1 atom stereocenters. The van der Waals surface area contributed by atoms with E-state index < -0.39 is 0 Å². The van der Waals surface area contributed by atoms with Gasteiger partial charge in [-0.15, -0.1) is 5.10 Å². The SMILES string of the molecule is C=CC(=O)Nc1nnc(C2CCCN2)o1. The maximum absolute atomic E-state index is 10.9. The van der Waals surface area contributed by atoms with Gasteiger partial charge in [-0.3, -0.25) is 10.1 Å². The Morgan fingerprint density at radius 3 is 3.20 bits per heavy atom. The van der Waals surface area contributed by atoms with Crippen LogP contribution in [0.3, 0.4) is 0 Å². The van der Waals surface area contributed by atoms with E-state index in [0.29, 0.717) is 5.89 Å². The maximum Gasteiger partial charge on any atom is 0.322 e. The van der Waals surface area contributed by atoms with Crippen LogP contribution >= 0.6 is 0 Å². The van der Waals surface area contributed by atoms with Crippen LogP contribution in [0.4, 0.5) is 6.01 Å². The Bertz CT molecular complexity index is 368. The summed E-state index contributed by atoms with van der Waals surface area (Å²) in [4.78, 5) is 10.9. The Hall–Kier alpha value is -1.69. The molecule has 1 aliphatic rings. The highest BCUT2D eigenvalue weighted by atomic mass is 16.4. The second kappa shape index (κ2) is 4.22. The third-order valence-corrected chi connectivity index (χ3v) is 2.21. The van der Waals surface area contributed by atoms with Gasteiger partial charge >= 0.3 is 6.01 Å². The summed E-state index contributed by atoms with van der Waals surface area (Å²) in [6.07, 6.45) is 3.23. The van der Waals surface area contributed by atoms with Crippen LogP contribution in [0.1, 0.15) is 24.8 Å². The van der Waals surface area contributed by atoms with Crippen LogP contribution in [0.15, 0.2) is 17.1 Å². The molecule has 0 saturated carbocycles. The number of carbonyl (C=O) groups excluding carboxylic acids is 1. The van der Waals surface area contributed by atoms with Crippen LogP contribution in [0.5, 0.6) is 0 Å². The van der Waals surface area contributed by atoms with Crippen molar-refractivity contribution in [1.82, 2.24) is 15.5 Å². The Labute approximate surface area is 86.8 Å². The fourth-order valence-electron chi connectivity index (χ4n) is 1.48. The van der Waals surface area contributed by atoms with Gasteiger partial charge in [0.15, 0.2) is 0 Å². The Morgan fingerprint density at radius 2 is 2.53 bits per heavy atom. The average molecular weight is 208 g/mol. The summed E-state index contributed by atoms with van der Waals surface area (Å²) in [7, 11) is 0. The standard InChI is InChI=1S/C9H12N4O2/c1-2-7(14)11-9-13-12-8(15-9)6-4-3-5-10-6/h2,6,10H,1,3-5H2,(H,11,13,14). The van der Waals surface area contributed by atoms with Crippen LogP contribution in [-0.4, -0.2) is 22.6 Å². The fraction of sp³-hybridized carbons (Fsp3) is 0.444. The number of anilines is 1. The van der Waals surface area contributed by atoms with Crippen molar-refractivity contribution < 1.29 is 9.21 Å². The van der Waals surface area contributed by atoms with Crippen molar-refractivity contribution in [3.05, 3.63) is 18.5 Å². The second-order valence-electron chi connectivity index (χ2n) is 3.29. The van der Waals surface area contributed by atoms with Crippen molar-refractivity contribution >= 4 is 11.9 Å². The molecule has 1 fully saturated rings. The van der Waals surface area contributed by atoms with Gasteiger partial charge in [-0.2, -0.15) is 0 Å². The minimum atomic E-state index is -0.357. The molecule has 6 heteroatoms. The Morgan fingerprint density at radius 1 is 1.67 bits per heavy atom. The van der Waals surface area contributed by atoms with Gasteiger partial charge in [0.1, 0.15) is 0 Å². The number of hydrogen-bond donors (Lipinski definition) is 2. The molecule has 1 aliphatic heterocycles. The fourth-order valence-corrected chi connectivity index (χ4v) is 1.48. The number of aromatic nitrogens is 2. The van der Waals surface area contributed by atoms with Gasteiger partial charge in [0, 0.05) is 0 Å².